The smallest absolute Gasteiger partial charge is 0.303 e. The Morgan fingerprint density at radius 1 is 1.25 bits per heavy atom. The van der Waals surface area contributed by atoms with Gasteiger partial charge in [0.1, 0.15) is 18.8 Å². The van der Waals surface area contributed by atoms with Gasteiger partial charge in [0.2, 0.25) is 6.29 Å². The highest BCUT2D eigenvalue weighted by molar-refractivity contribution is 5.66. The van der Waals surface area contributed by atoms with Crippen LogP contribution in [0.5, 0.6) is 0 Å². The third-order valence-electron chi connectivity index (χ3n) is 3.07. The molecule has 1 fully saturated rings. The molecule has 8 nitrogen and oxygen atoms in total. The zero-order chi connectivity index (χ0) is 14.7. The number of hydrogen-bond acceptors (Lipinski definition) is 8. The van der Waals surface area contributed by atoms with Gasteiger partial charge >= 0.3 is 11.9 Å². The van der Waals surface area contributed by atoms with Crippen molar-refractivity contribution < 1.29 is 33.3 Å². The molecule has 1 saturated heterocycles. The molecule has 0 spiro atoms. The van der Waals surface area contributed by atoms with Gasteiger partial charge in [0, 0.05) is 21.0 Å². The summed E-state index contributed by atoms with van der Waals surface area (Å²) in [5.74, 6) is -0.885. The van der Waals surface area contributed by atoms with Crippen LogP contribution in [0.25, 0.3) is 0 Å². The molecule has 112 valence electrons. The topological polar surface area (TPSA) is 92.7 Å². The minimum Gasteiger partial charge on any atom is -0.463 e. The van der Waals surface area contributed by atoms with E-state index in [1.54, 1.807) is 0 Å². The first-order valence-corrected chi connectivity index (χ1v) is 6.19. The first-order chi connectivity index (χ1) is 9.52. The van der Waals surface area contributed by atoms with Crippen LogP contribution in [0.3, 0.4) is 0 Å². The summed E-state index contributed by atoms with van der Waals surface area (Å²) in [4.78, 5) is 26.2. The van der Waals surface area contributed by atoms with Gasteiger partial charge in [-0.25, -0.2) is 4.99 Å². The number of aliphatic imine (C=N–C) groups is 1. The molecule has 0 aliphatic carbocycles. The van der Waals surface area contributed by atoms with E-state index in [2.05, 4.69) is 4.99 Å². The van der Waals surface area contributed by atoms with Gasteiger partial charge in [0.15, 0.2) is 18.5 Å². The normalized spacial score (nSPS) is 35.0. The summed E-state index contributed by atoms with van der Waals surface area (Å²) in [5, 5.41) is 0. The fourth-order valence-corrected chi connectivity index (χ4v) is 2.27. The predicted molar refractivity (Wildman–Crippen MR) is 65.0 cm³/mol. The van der Waals surface area contributed by atoms with Gasteiger partial charge in [-0.1, -0.05) is 0 Å². The lowest BCUT2D eigenvalue weighted by Crippen LogP contribution is -2.59. The van der Waals surface area contributed by atoms with Crippen LogP contribution in [0, 0.1) is 0 Å². The lowest BCUT2D eigenvalue weighted by atomic mass is 9.97. The largest absolute Gasteiger partial charge is 0.463 e. The van der Waals surface area contributed by atoms with E-state index in [-0.39, 0.29) is 6.61 Å². The molecule has 5 atom stereocenters. The van der Waals surface area contributed by atoms with Gasteiger partial charge in [0.25, 0.3) is 0 Å². The van der Waals surface area contributed by atoms with E-state index < -0.39 is 42.6 Å². The molecule has 20 heavy (non-hydrogen) atoms. The molecule has 0 amide bonds. The number of fused-ring (bicyclic) bond motifs is 1. The summed E-state index contributed by atoms with van der Waals surface area (Å²) in [7, 11) is 1.46. The molecule has 2 aliphatic heterocycles. The van der Waals surface area contributed by atoms with Crippen LogP contribution in [-0.4, -0.2) is 62.7 Å². The molecule has 8 heteroatoms. The molecule has 0 aromatic rings. The van der Waals surface area contributed by atoms with E-state index in [1.807, 2.05) is 0 Å². The van der Waals surface area contributed by atoms with Gasteiger partial charge in [-0.05, 0) is 0 Å². The van der Waals surface area contributed by atoms with Crippen molar-refractivity contribution in [2.24, 2.45) is 4.99 Å². The van der Waals surface area contributed by atoms with Gasteiger partial charge in [-0.15, -0.1) is 0 Å². The maximum Gasteiger partial charge on any atom is 0.303 e. The van der Waals surface area contributed by atoms with Crippen molar-refractivity contribution in [3.8, 4) is 0 Å². The number of carbonyl (C=O) groups excluding carboxylic acids is 2. The fraction of sp³-hybridized carbons (Fsp3) is 0.750. The van der Waals surface area contributed by atoms with Crippen LogP contribution in [0.15, 0.2) is 4.99 Å². The van der Waals surface area contributed by atoms with Crippen molar-refractivity contribution in [2.75, 3.05) is 13.7 Å². The zero-order valence-electron chi connectivity index (χ0n) is 11.5. The summed E-state index contributed by atoms with van der Waals surface area (Å²) in [5.41, 5.74) is 0. The Morgan fingerprint density at radius 3 is 2.60 bits per heavy atom. The minimum atomic E-state index is -0.675. The molecule has 0 aromatic carbocycles. The van der Waals surface area contributed by atoms with Crippen LogP contribution in [0.2, 0.25) is 0 Å². The maximum atomic E-state index is 11.2. The average molecular weight is 287 g/mol. The average Bonchev–Trinajstić information content (AvgIpc) is 2.83. The highest BCUT2D eigenvalue weighted by atomic mass is 16.7. The fourth-order valence-electron chi connectivity index (χ4n) is 2.27. The Hall–Kier alpha value is -1.67. The molecule has 0 radical (unpaired) electrons. The molecular formula is C12H17NO7. The second-order valence-corrected chi connectivity index (χ2v) is 4.50. The lowest BCUT2D eigenvalue weighted by molar-refractivity contribution is -0.247. The molecule has 0 aromatic heterocycles. The zero-order valence-corrected chi connectivity index (χ0v) is 11.5. The van der Waals surface area contributed by atoms with Crippen molar-refractivity contribution in [1.82, 2.24) is 0 Å². The molecule has 2 aliphatic rings. The van der Waals surface area contributed by atoms with Crippen LogP contribution >= 0.6 is 0 Å². The van der Waals surface area contributed by atoms with Gasteiger partial charge in [-0.2, -0.15) is 0 Å². The van der Waals surface area contributed by atoms with Crippen LogP contribution < -0.4 is 0 Å². The summed E-state index contributed by atoms with van der Waals surface area (Å²) in [6.07, 6.45) is -1.27. The minimum absolute atomic E-state index is 0.0157. The van der Waals surface area contributed by atoms with Gasteiger partial charge < -0.3 is 23.7 Å². The molecule has 0 saturated carbocycles. The Bertz CT molecular complexity index is 411. The van der Waals surface area contributed by atoms with E-state index in [9.17, 15) is 9.59 Å². The molecular weight excluding hydrogens is 270 g/mol. The first kappa shape index (κ1) is 14.7. The van der Waals surface area contributed by atoms with E-state index in [0.717, 1.165) is 0 Å². The second kappa shape index (κ2) is 6.19. The molecule has 2 unspecified atom stereocenters. The molecule has 2 heterocycles. The Labute approximate surface area is 116 Å². The first-order valence-electron chi connectivity index (χ1n) is 6.19. The number of esters is 2. The summed E-state index contributed by atoms with van der Waals surface area (Å²) < 4.78 is 26.4. The second-order valence-electron chi connectivity index (χ2n) is 4.50. The van der Waals surface area contributed by atoms with E-state index in [0.29, 0.717) is 0 Å². The van der Waals surface area contributed by atoms with Crippen molar-refractivity contribution in [1.29, 1.82) is 0 Å². The third-order valence-corrected chi connectivity index (χ3v) is 3.07. The van der Waals surface area contributed by atoms with Crippen molar-refractivity contribution >= 4 is 18.3 Å². The molecule has 2 rings (SSSR count). The van der Waals surface area contributed by atoms with E-state index in [1.165, 1.54) is 27.4 Å². The number of carbonyl (C=O) groups is 2. The highest BCUT2D eigenvalue weighted by Gasteiger charge is 2.51. The van der Waals surface area contributed by atoms with Gasteiger partial charge in [0.05, 0.1) is 0 Å². The van der Waals surface area contributed by atoms with Crippen molar-refractivity contribution in [2.45, 2.75) is 44.5 Å². The van der Waals surface area contributed by atoms with Crippen LogP contribution in [0.1, 0.15) is 13.8 Å². The number of ether oxygens (including phenoxy) is 5. The summed E-state index contributed by atoms with van der Waals surface area (Å²) >= 11 is 0. The Morgan fingerprint density at radius 2 is 2.00 bits per heavy atom. The number of hydrogen-bond donors (Lipinski definition) is 0. The summed E-state index contributed by atoms with van der Waals surface area (Å²) in [6, 6.07) is -0.488. The Kier molecular flexibility index (Phi) is 4.56. The number of nitrogens with zero attached hydrogens (tertiary/aromatic N) is 1. The van der Waals surface area contributed by atoms with Crippen molar-refractivity contribution in [3.05, 3.63) is 0 Å². The van der Waals surface area contributed by atoms with Crippen LogP contribution in [-0.2, 0) is 33.3 Å². The molecule has 0 N–H and O–H groups in total. The quantitative estimate of drug-likeness (QED) is 0.652. The maximum absolute atomic E-state index is 11.2. The van der Waals surface area contributed by atoms with E-state index in [4.69, 9.17) is 23.7 Å². The van der Waals surface area contributed by atoms with Crippen molar-refractivity contribution in [3.63, 3.8) is 0 Å². The molecule has 0 bridgehead atoms. The predicted octanol–water partition coefficient (Wildman–Crippen LogP) is -0.352. The lowest BCUT2D eigenvalue weighted by Gasteiger charge is -2.40. The van der Waals surface area contributed by atoms with Gasteiger partial charge in [-0.3, -0.25) is 9.59 Å². The Balaban J connectivity index is 2.13. The summed E-state index contributed by atoms with van der Waals surface area (Å²) in [6.45, 7) is 2.59. The third kappa shape index (κ3) is 3.07. The van der Waals surface area contributed by atoms with E-state index >= 15 is 0 Å². The number of methoxy groups -OCH3 is 1. The monoisotopic (exact) mass is 287 g/mol. The SMILES string of the molecule is CO[C@@H]1C(COC(C)=O)O[C@H]2OC=NC2[C@H]1OC(C)=O. The highest BCUT2D eigenvalue weighted by Crippen LogP contribution is 2.30. The van der Waals surface area contributed by atoms with Crippen LogP contribution in [0.4, 0.5) is 0 Å². The standard InChI is InChI=1S/C12H17NO7/c1-6(14)17-4-8-10(16-3)11(19-7(2)15)9-12(20-8)18-5-13-9/h5,8-12H,4H2,1-3H3/t8?,9?,10-,11-,12-/m1/s1. The number of rotatable bonds is 4.